The summed E-state index contributed by atoms with van der Waals surface area (Å²) in [6.07, 6.45) is 23.6. The SMILES string of the molecule is C#Cc1ccc(N(c2ccccc2)c2ccc(N(c3ccccc3)c3ccc(C#C)cc3)cc2)cc1.C#Cc1ccc(N(c2ccccc2)c2ccc(N(c3ccccc3)c3ccc(C#C)cc3)cc2)cc1.CC.CC.CC.CC#CCN(c1ccccc1)c1ccc(N(CC#CC)c2ccccc2)cc1.CC(C)c1ccccc1.CC1(C)c2ccccc2-c2ccccc21.CCC. The van der Waals surface area contributed by atoms with Crippen molar-refractivity contribution in [2.45, 2.75) is 115 Å². The lowest BCUT2D eigenvalue weighted by Gasteiger charge is -2.28. The summed E-state index contributed by atoms with van der Waals surface area (Å²) in [5.74, 6) is 23.8. The standard InChI is InChI=1S/2C34H24N2.C26H24N2.C15H14.C9H12.C3H8.3C2H6/c2*1-3-27-15-19-31(20-16-27)35(29-11-7-5-8-12-29)33-23-25-34(26-24-33)36(30-13-9-6-10-14-30)32-21-17-28(4-2)18-22-32;1-3-5-21-27(23-13-9-7-10-14-23)25-17-19-26(20-18-25)28(22-6-4-2)24-15-11-8-12-16-24;1-15(2)13-9-5-3-7-11(13)12-8-4-6-10-14(12)15;1-8(2)9-6-4-3-5-7-9;1-3-2;3*1-2/h2*1-2,5-26H;7-20H,21-22H2,1-2H3;3-10H,1-2H3;3-8H,1-2H3;3H2,1-2H3;3*1-2H3. The molecule has 0 heterocycles. The minimum absolute atomic E-state index is 0.160. The maximum atomic E-state index is 5.58. The summed E-state index contributed by atoms with van der Waals surface area (Å²) in [5, 5.41) is 0. The van der Waals surface area contributed by atoms with E-state index >= 15 is 0 Å². The molecule has 0 aromatic heterocycles. The van der Waals surface area contributed by atoms with E-state index < -0.39 is 0 Å². The number of rotatable bonds is 19. The molecule has 1 aliphatic carbocycles. The van der Waals surface area contributed by atoms with Gasteiger partial charge >= 0.3 is 0 Å². The highest BCUT2D eigenvalue weighted by atomic mass is 15.2. The van der Waals surface area contributed by atoms with Gasteiger partial charge in [-0.05, 0) is 290 Å². The van der Waals surface area contributed by atoms with Crippen molar-refractivity contribution in [2.75, 3.05) is 42.5 Å². The molecule has 17 rings (SSSR count). The van der Waals surface area contributed by atoms with Crippen LogP contribution in [-0.2, 0) is 5.41 Å². The first-order chi connectivity index (χ1) is 65.3. The van der Waals surface area contributed by atoms with Gasteiger partial charge in [0, 0.05) is 119 Å². The van der Waals surface area contributed by atoms with E-state index in [4.69, 9.17) is 25.7 Å². The molecule has 0 aliphatic heterocycles. The van der Waals surface area contributed by atoms with Crippen molar-refractivity contribution in [3.05, 3.63) is 470 Å². The van der Waals surface area contributed by atoms with E-state index in [2.05, 4.69) is 409 Å². The normalized spacial score (nSPS) is 10.2. The zero-order valence-corrected chi connectivity index (χ0v) is 79.7. The van der Waals surface area contributed by atoms with Gasteiger partial charge in [-0.3, -0.25) is 0 Å². The van der Waals surface area contributed by atoms with E-state index in [0.717, 1.165) is 113 Å². The zero-order chi connectivity index (χ0) is 95.0. The first kappa shape index (κ1) is 100. The fourth-order valence-electron chi connectivity index (χ4n) is 14.9. The van der Waals surface area contributed by atoms with Gasteiger partial charge in [0.2, 0.25) is 0 Å². The average Bonchev–Trinajstić information content (AvgIpc) is 1.60. The van der Waals surface area contributed by atoms with Gasteiger partial charge in [-0.2, -0.15) is 0 Å². The molecule has 0 saturated carbocycles. The predicted molar refractivity (Wildman–Crippen MR) is 578 cm³/mol. The maximum absolute atomic E-state index is 5.58. The monoisotopic (exact) mass is 1730 g/mol. The topological polar surface area (TPSA) is 19.4 Å². The summed E-state index contributed by atoms with van der Waals surface area (Å²) in [5.41, 5.74) is 27.9. The van der Waals surface area contributed by atoms with Crippen molar-refractivity contribution in [3.8, 4) is 84.2 Å². The fourth-order valence-corrected chi connectivity index (χ4v) is 14.9. The number of hydrogen-bond acceptors (Lipinski definition) is 6. The van der Waals surface area contributed by atoms with Gasteiger partial charge in [-0.25, -0.2) is 0 Å². The molecule has 1 aliphatic rings. The second-order valence-corrected chi connectivity index (χ2v) is 30.7. The summed E-state index contributed by atoms with van der Waals surface area (Å²) < 4.78 is 0. The Morgan fingerprint density at radius 3 is 0.594 bits per heavy atom. The first-order valence-electron chi connectivity index (χ1n) is 46.0. The Kier molecular flexibility index (Phi) is 40.9. The van der Waals surface area contributed by atoms with Crippen LogP contribution in [0.25, 0.3) is 11.1 Å². The van der Waals surface area contributed by atoms with E-state index in [9.17, 15) is 0 Å². The number of benzene rings is 16. The van der Waals surface area contributed by atoms with Crippen LogP contribution in [-0.4, -0.2) is 13.1 Å². The molecule has 662 valence electrons. The van der Waals surface area contributed by atoms with Crippen molar-refractivity contribution >= 4 is 91.0 Å². The van der Waals surface area contributed by atoms with Crippen LogP contribution in [0.5, 0.6) is 0 Å². The molecule has 0 fully saturated rings. The Bertz CT molecular complexity index is 5780. The van der Waals surface area contributed by atoms with Crippen LogP contribution in [0.15, 0.2) is 431 Å². The lowest BCUT2D eigenvalue weighted by atomic mass is 9.82. The van der Waals surface area contributed by atoms with Crippen molar-refractivity contribution in [3.63, 3.8) is 0 Å². The van der Waals surface area contributed by atoms with Crippen LogP contribution in [0.2, 0.25) is 0 Å². The van der Waals surface area contributed by atoms with Crippen molar-refractivity contribution in [2.24, 2.45) is 0 Å². The molecule has 0 unspecified atom stereocenters. The summed E-state index contributed by atoms with van der Waals surface area (Å²) in [6.45, 7) is 30.3. The van der Waals surface area contributed by atoms with Crippen molar-refractivity contribution < 1.29 is 0 Å². The summed E-state index contributed by atoms with van der Waals surface area (Å²) in [4.78, 5) is 13.3. The second kappa shape index (κ2) is 54.1. The van der Waals surface area contributed by atoms with Gasteiger partial charge in [0.05, 0.1) is 13.1 Å². The second-order valence-electron chi connectivity index (χ2n) is 30.7. The molecular formula is C127H124N6. The fraction of sp³-hybridized carbons (Fsp3) is 0.150. The van der Waals surface area contributed by atoms with Crippen molar-refractivity contribution in [1.29, 1.82) is 0 Å². The number of anilines is 16. The first-order valence-corrected chi connectivity index (χ1v) is 46.0. The smallest absolute Gasteiger partial charge is 0.0843 e. The molecule has 0 bridgehead atoms. The third kappa shape index (κ3) is 27.9. The third-order valence-electron chi connectivity index (χ3n) is 21.4. The molecule has 0 saturated heterocycles. The van der Waals surface area contributed by atoms with E-state index in [0.29, 0.717) is 19.0 Å². The highest BCUT2D eigenvalue weighted by molar-refractivity contribution is 5.85. The molecule has 6 heteroatoms. The average molecular weight is 1730 g/mol. The largest absolute Gasteiger partial charge is 0.330 e. The number of para-hydroxylation sites is 6. The Morgan fingerprint density at radius 2 is 0.398 bits per heavy atom. The Hall–Kier alpha value is -16.3. The van der Waals surface area contributed by atoms with Crippen LogP contribution >= 0.6 is 0 Å². The summed E-state index contributed by atoms with van der Waals surface area (Å²) in [6, 6.07) is 148. The van der Waals surface area contributed by atoms with Crippen LogP contribution in [0.1, 0.15) is 148 Å². The molecule has 6 nitrogen and oxygen atoms in total. The quantitative estimate of drug-likeness (QED) is 0.0746. The molecule has 0 atom stereocenters. The number of fused-ring (bicyclic) bond motifs is 3. The molecule has 16 aromatic carbocycles. The number of hydrogen-bond donors (Lipinski definition) is 0. The Labute approximate surface area is 796 Å². The highest BCUT2D eigenvalue weighted by Gasteiger charge is 2.34. The lowest BCUT2D eigenvalue weighted by molar-refractivity contribution is 0.660. The number of terminal acetylenes is 4. The molecule has 133 heavy (non-hydrogen) atoms. The van der Waals surface area contributed by atoms with E-state index in [1.807, 2.05) is 195 Å². The Balaban J connectivity index is 0.000000193. The number of nitrogens with zero attached hydrogens (tertiary/aromatic N) is 6. The van der Waals surface area contributed by atoms with Crippen LogP contribution in [0, 0.1) is 73.1 Å². The van der Waals surface area contributed by atoms with Gasteiger partial charge in [-0.15, -0.1) is 37.5 Å². The van der Waals surface area contributed by atoms with E-state index in [1.54, 1.807) is 0 Å². The van der Waals surface area contributed by atoms with Gasteiger partial charge in [0.1, 0.15) is 0 Å². The van der Waals surface area contributed by atoms with Gasteiger partial charge in [0.15, 0.2) is 0 Å². The van der Waals surface area contributed by atoms with Crippen LogP contribution < -0.4 is 29.4 Å². The maximum Gasteiger partial charge on any atom is 0.0843 e. The van der Waals surface area contributed by atoms with E-state index in [-0.39, 0.29) is 5.41 Å². The minimum atomic E-state index is 0.160. The molecule has 0 amide bonds. The van der Waals surface area contributed by atoms with Crippen LogP contribution in [0.3, 0.4) is 0 Å². The minimum Gasteiger partial charge on any atom is -0.330 e. The predicted octanol–water partition coefficient (Wildman–Crippen LogP) is 34.5. The Morgan fingerprint density at radius 1 is 0.233 bits per heavy atom. The van der Waals surface area contributed by atoms with E-state index in [1.165, 1.54) is 34.2 Å². The van der Waals surface area contributed by atoms with Gasteiger partial charge < -0.3 is 29.4 Å². The van der Waals surface area contributed by atoms with Crippen LogP contribution in [0.4, 0.5) is 91.0 Å². The lowest BCUT2D eigenvalue weighted by Crippen LogP contribution is -2.19. The van der Waals surface area contributed by atoms with Gasteiger partial charge in [0.25, 0.3) is 0 Å². The molecule has 0 N–H and O–H groups in total. The molecule has 16 aromatic rings. The zero-order valence-electron chi connectivity index (χ0n) is 79.7. The summed E-state index contributed by atoms with van der Waals surface area (Å²) >= 11 is 0. The highest BCUT2D eigenvalue weighted by Crippen LogP contribution is 2.49. The summed E-state index contributed by atoms with van der Waals surface area (Å²) in [7, 11) is 0. The molecular weight excluding hydrogens is 1610 g/mol. The third-order valence-corrected chi connectivity index (χ3v) is 21.4. The molecule has 0 spiro atoms. The van der Waals surface area contributed by atoms with Gasteiger partial charge in [-0.1, -0.05) is 313 Å². The van der Waals surface area contributed by atoms with Crippen molar-refractivity contribution in [1.82, 2.24) is 0 Å². The molecule has 0 radical (unpaired) electrons.